The molecule has 1 rings (SSSR count). The summed E-state index contributed by atoms with van der Waals surface area (Å²) in [6.07, 6.45) is 0.974. The van der Waals surface area contributed by atoms with E-state index < -0.39 is 10.9 Å². The molecule has 0 bridgehead atoms. The highest BCUT2D eigenvalue weighted by Gasteiger charge is 2.18. The zero-order valence-electron chi connectivity index (χ0n) is 14.2. The van der Waals surface area contributed by atoms with E-state index >= 15 is 0 Å². The molecule has 132 valence electrons. The Labute approximate surface area is 141 Å². The van der Waals surface area contributed by atoms with Gasteiger partial charge in [-0.3, -0.25) is 19.7 Å². The van der Waals surface area contributed by atoms with Crippen molar-refractivity contribution in [3.05, 3.63) is 34.4 Å². The van der Waals surface area contributed by atoms with E-state index in [4.69, 9.17) is 9.47 Å². The van der Waals surface area contributed by atoms with E-state index in [-0.39, 0.29) is 48.7 Å². The van der Waals surface area contributed by atoms with Gasteiger partial charge in [0.15, 0.2) is 0 Å². The van der Waals surface area contributed by atoms with Crippen molar-refractivity contribution < 1.29 is 24.0 Å². The molecule has 0 N–H and O–H groups in total. The van der Waals surface area contributed by atoms with E-state index in [1.165, 1.54) is 18.2 Å². The normalized spacial score (nSPS) is 11.8. The lowest BCUT2D eigenvalue weighted by Gasteiger charge is -2.19. The van der Waals surface area contributed by atoms with Crippen molar-refractivity contribution in [2.24, 2.45) is 5.92 Å². The minimum absolute atomic E-state index is 0.0143. The molecule has 1 atom stereocenters. The van der Waals surface area contributed by atoms with E-state index in [2.05, 4.69) is 0 Å². The summed E-state index contributed by atoms with van der Waals surface area (Å²) >= 11 is 0. The second-order valence-electron chi connectivity index (χ2n) is 5.73. The van der Waals surface area contributed by atoms with Crippen LogP contribution >= 0.6 is 0 Å². The number of rotatable bonds is 9. The molecule has 7 heteroatoms. The smallest absolute Gasteiger partial charge is 0.311 e. The minimum atomic E-state index is -0.618. The molecule has 0 saturated heterocycles. The molecule has 0 saturated carbocycles. The third-order valence-corrected chi connectivity index (χ3v) is 3.48. The van der Waals surface area contributed by atoms with Gasteiger partial charge in [0.05, 0.1) is 4.92 Å². The van der Waals surface area contributed by atoms with Crippen molar-refractivity contribution in [1.82, 2.24) is 0 Å². The number of nitrogens with zero attached hydrogens (tertiary/aromatic N) is 1. The molecule has 1 aromatic carbocycles. The predicted molar refractivity (Wildman–Crippen MR) is 87.6 cm³/mol. The Hall–Kier alpha value is -2.44. The van der Waals surface area contributed by atoms with Crippen molar-refractivity contribution in [1.29, 1.82) is 0 Å². The monoisotopic (exact) mass is 337 g/mol. The lowest BCUT2D eigenvalue weighted by Crippen LogP contribution is -2.22. The quantitative estimate of drug-likeness (QED) is 0.295. The molecule has 0 spiro atoms. The molecule has 1 aromatic rings. The number of para-hydroxylation sites is 2. The summed E-state index contributed by atoms with van der Waals surface area (Å²) in [6.45, 7) is 5.90. The Kier molecular flexibility index (Phi) is 7.88. The summed E-state index contributed by atoms with van der Waals surface area (Å²) in [7, 11) is 0. The fraction of sp³-hybridized carbons (Fsp3) is 0.529. The maximum absolute atomic E-state index is 11.8. The van der Waals surface area contributed by atoms with Crippen LogP contribution in [0.25, 0.3) is 0 Å². The zero-order valence-corrected chi connectivity index (χ0v) is 14.2. The van der Waals surface area contributed by atoms with Gasteiger partial charge in [0.2, 0.25) is 5.75 Å². The van der Waals surface area contributed by atoms with Gasteiger partial charge in [-0.25, -0.2) is 0 Å². The summed E-state index contributed by atoms with van der Waals surface area (Å²) in [5.74, 6) is -0.828. The first-order chi connectivity index (χ1) is 11.3. The molecule has 1 unspecified atom stereocenters. The third-order valence-electron chi connectivity index (χ3n) is 3.48. The standard InChI is InChI=1S/C17H23NO6/c1-4-14(12(2)3)23-16(19)10-7-11-17(20)24-15-9-6-5-8-13(15)18(21)22/h5-6,8-9,12,14H,4,7,10-11H2,1-3H3. The van der Waals surface area contributed by atoms with Crippen LogP contribution in [-0.2, 0) is 14.3 Å². The van der Waals surface area contributed by atoms with Gasteiger partial charge in [-0.15, -0.1) is 0 Å². The van der Waals surface area contributed by atoms with Crippen LogP contribution in [-0.4, -0.2) is 23.0 Å². The lowest BCUT2D eigenvalue weighted by atomic mass is 10.1. The Balaban J connectivity index is 2.42. The topological polar surface area (TPSA) is 95.7 Å². The average molecular weight is 337 g/mol. The van der Waals surface area contributed by atoms with E-state index in [9.17, 15) is 19.7 Å². The molecule has 0 fully saturated rings. The fourth-order valence-electron chi connectivity index (χ4n) is 2.16. The molecule has 0 aliphatic rings. The summed E-state index contributed by atoms with van der Waals surface area (Å²) in [4.78, 5) is 33.7. The third kappa shape index (κ3) is 6.36. The number of hydrogen-bond donors (Lipinski definition) is 0. The first-order valence-electron chi connectivity index (χ1n) is 7.98. The Bertz CT molecular complexity index is 584. The Morgan fingerprint density at radius 3 is 2.38 bits per heavy atom. The first-order valence-corrected chi connectivity index (χ1v) is 7.98. The van der Waals surface area contributed by atoms with Crippen LogP contribution in [0.1, 0.15) is 46.5 Å². The molecule has 24 heavy (non-hydrogen) atoms. The maximum Gasteiger partial charge on any atom is 0.311 e. The fourth-order valence-corrected chi connectivity index (χ4v) is 2.16. The summed E-state index contributed by atoms with van der Waals surface area (Å²) in [5, 5.41) is 10.8. The number of benzene rings is 1. The SMILES string of the molecule is CCC(OC(=O)CCCC(=O)Oc1ccccc1[N+](=O)[O-])C(C)C. The van der Waals surface area contributed by atoms with Crippen LogP contribution in [0.2, 0.25) is 0 Å². The first kappa shape index (κ1) is 19.6. The highest BCUT2D eigenvalue weighted by molar-refractivity contribution is 5.75. The van der Waals surface area contributed by atoms with Crippen LogP contribution in [0.5, 0.6) is 5.75 Å². The molecule has 0 aromatic heterocycles. The average Bonchev–Trinajstić information content (AvgIpc) is 2.52. The molecule has 0 aliphatic heterocycles. The lowest BCUT2D eigenvalue weighted by molar-refractivity contribution is -0.385. The van der Waals surface area contributed by atoms with Gasteiger partial charge in [-0.1, -0.05) is 32.9 Å². The van der Waals surface area contributed by atoms with E-state index in [0.717, 1.165) is 6.42 Å². The van der Waals surface area contributed by atoms with Crippen molar-refractivity contribution in [2.75, 3.05) is 0 Å². The van der Waals surface area contributed by atoms with Crippen LogP contribution in [0.4, 0.5) is 5.69 Å². The number of carbonyl (C=O) groups excluding carboxylic acids is 2. The highest BCUT2D eigenvalue weighted by Crippen LogP contribution is 2.26. The molecule has 0 aliphatic carbocycles. The number of hydrogen-bond acceptors (Lipinski definition) is 6. The molecule has 0 heterocycles. The second-order valence-corrected chi connectivity index (χ2v) is 5.73. The summed E-state index contributed by atoms with van der Waals surface area (Å²) in [6, 6.07) is 5.66. The molecule has 7 nitrogen and oxygen atoms in total. The molecule has 0 amide bonds. The van der Waals surface area contributed by atoms with E-state index in [1.54, 1.807) is 6.07 Å². The molecular weight excluding hydrogens is 314 g/mol. The zero-order chi connectivity index (χ0) is 18.1. The molecular formula is C17H23NO6. The van der Waals surface area contributed by atoms with Crippen LogP contribution < -0.4 is 4.74 Å². The predicted octanol–water partition coefficient (Wildman–Crippen LogP) is 3.65. The number of ether oxygens (including phenoxy) is 2. The van der Waals surface area contributed by atoms with Crippen LogP contribution in [0.3, 0.4) is 0 Å². The number of carbonyl (C=O) groups is 2. The van der Waals surface area contributed by atoms with Crippen molar-refractivity contribution in [3.8, 4) is 5.75 Å². The van der Waals surface area contributed by atoms with Gasteiger partial charge in [-0.05, 0) is 24.8 Å². The minimum Gasteiger partial charge on any atom is -0.462 e. The number of nitro groups is 1. The summed E-state index contributed by atoms with van der Waals surface area (Å²) in [5.41, 5.74) is -0.270. The van der Waals surface area contributed by atoms with E-state index in [1.807, 2.05) is 20.8 Å². The summed E-state index contributed by atoms with van der Waals surface area (Å²) < 4.78 is 10.3. The van der Waals surface area contributed by atoms with Gasteiger partial charge in [0.25, 0.3) is 0 Å². The Morgan fingerprint density at radius 2 is 1.79 bits per heavy atom. The van der Waals surface area contributed by atoms with Gasteiger partial charge < -0.3 is 9.47 Å². The largest absolute Gasteiger partial charge is 0.462 e. The van der Waals surface area contributed by atoms with Crippen LogP contribution in [0, 0.1) is 16.0 Å². The molecule has 0 radical (unpaired) electrons. The Morgan fingerprint density at radius 1 is 1.17 bits per heavy atom. The van der Waals surface area contributed by atoms with Gasteiger partial charge >= 0.3 is 17.6 Å². The number of esters is 2. The number of nitro benzene ring substituents is 1. The van der Waals surface area contributed by atoms with Crippen molar-refractivity contribution in [3.63, 3.8) is 0 Å². The van der Waals surface area contributed by atoms with Crippen LogP contribution in [0.15, 0.2) is 24.3 Å². The van der Waals surface area contributed by atoms with Crippen molar-refractivity contribution in [2.45, 2.75) is 52.6 Å². The second kappa shape index (κ2) is 9.64. The van der Waals surface area contributed by atoms with Crippen molar-refractivity contribution >= 4 is 17.6 Å². The maximum atomic E-state index is 11.8. The van der Waals surface area contributed by atoms with Gasteiger partial charge in [0, 0.05) is 18.9 Å². The van der Waals surface area contributed by atoms with Gasteiger partial charge in [0.1, 0.15) is 6.10 Å². The van der Waals surface area contributed by atoms with E-state index in [0.29, 0.717) is 0 Å². The highest BCUT2D eigenvalue weighted by atomic mass is 16.6. The van der Waals surface area contributed by atoms with Gasteiger partial charge in [-0.2, -0.15) is 0 Å².